The van der Waals surface area contributed by atoms with Crippen LogP contribution in [0.1, 0.15) is 5.56 Å². The Bertz CT molecular complexity index is 1290. The molecule has 34 heavy (non-hydrogen) atoms. The highest BCUT2D eigenvalue weighted by molar-refractivity contribution is 7.81. The van der Waals surface area contributed by atoms with Gasteiger partial charge in [0.15, 0.2) is 5.11 Å². The highest BCUT2D eigenvalue weighted by Gasteiger charge is 2.42. The Morgan fingerprint density at radius 3 is 2.06 bits per heavy atom. The van der Waals surface area contributed by atoms with Crippen molar-refractivity contribution < 1.29 is 23.8 Å². The lowest BCUT2D eigenvalue weighted by Gasteiger charge is -2.37. The van der Waals surface area contributed by atoms with Crippen LogP contribution >= 0.6 is 12.2 Å². The maximum absolute atomic E-state index is 13.7. The van der Waals surface area contributed by atoms with Crippen LogP contribution in [0, 0.1) is 0 Å². The second-order valence-corrected chi connectivity index (χ2v) is 7.60. The van der Waals surface area contributed by atoms with Gasteiger partial charge in [0.2, 0.25) is 0 Å². The summed E-state index contributed by atoms with van der Waals surface area (Å²) >= 11 is 5.66. The molecule has 8 heteroatoms. The van der Waals surface area contributed by atoms with Crippen LogP contribution in [0.2, 0.25) is 0 Å². The second-order valence-electron chi connectivity index (χ2n) is 7.24. The van der Waals surface area contributed by atoms with Crippen molar-refractivity contribution in [2.45, 2.75) is 0 Å². The van der Waals surface area contributed by atoms with Gasteiger partial charge in [0.1, 0.15) is 22.8 Å². The summed E-state index contributed by atoms with van der Waals surface area (Å²) in [5, 5.41) is 0.0320. The van der Waals surface area contributed by atoms with Crippen LogP contribution in [-0.2, 0) is 9.59 Å². The third-order valence-corrected chi connectivity index (χ3v) is 5.70. The van der Waals surface area contributed by atoms with Gasteiger partial charge >= 0.3 is 0 Å². The molecule has 1 heterocycles. The van der Waals surface area contributed by atoms with Crippen molar-refractivity contribution >= 4 is 46.6 Å². The lowest BCUT2D eigenvalue weighted by molar-refractivity contribution is -0.120. The summed E-state index contributed by atoms with van der Waals surface area (Å²) in [5.41, 5.74) is 1.44. The first-order valence-electron chi connectivity index (χ1n) is 10.3. The van der Waals surface area contributed by atoms with Crippen LogP contribution in [0.4, 0.5) is 11.4 Å². The predicted molar refractivity (Wildman–Crippen MR) is 135 cm³/mol. The Kier molecular flexibility index (Phi) is 6.60. The molecule has 1 aliphatic rings. The van der Waals surface area contributed by atoms with E-state index in [4.69, 9.17) is 26.4 Å². The van der Waals surface area contributed by atoms with E-state index < -0.39 is 11.8 Å². The summed E-state index contributed by atoms with van der Waals surface area (Å²) in [6, 6.07) is 21.1. The maximum atomic E-state index is 13.7. The highest BCUT2D eigenvalue weighted by atomic mass is 32.1. The Labute approximate surface area is 202 Å². The van der Waals surface area contributed by atoms with E-state index in [1.807, 2.05) is 6.07 Å². The van der Waals surface area contributed by atoms with Gasteiger partial charge in [-0.25, -0.2) is 4.90 Å². The van der Waals surface area contributed by atoms with E-state index in [2.05, 4.69) is 0 Å². The fraction of sp³-hybridized carbons (Fsp3) is 0.115. The molecule has 0 atom stereocenters. The average molecular weight is 475 g/mol. The molecule has 4 rings (SSSR count). The minimum atomic E-state index is -0.565. The molecule has 7 nitrogen and oxygen atoms in total. The van der Waals surface area contributed by atoms with Crippen molar-refractivity contribution in [3.05, 3.63) is 83.9 Å². The summed E-state index contributed by atoms with van der Waals surface area (Å²) in [6.45, 7) is 0. The Morgan fingerprint density at radius 1 is 0.735 bits per heavy atom. The van der Waals surface area contributed by atoms with Crippen molar-refractivity contribution in [1.29, 1.82) is 0 Å². The minimum absolute atomic E-state index is 0.0320. The minimum Gasteiger partial charge on any atom is -0.497 e. The number of hydrogen-bond donors (Lipinski definition) is 0. The van der Waals surface area contributed by atoms with Gasteiger partial charge in [-0.2, -0.15) is 0 Å². The second kappa shape index (κ2) is 9.76. The van der Waals surface area contributed by atoms with Gasteiger partial charge in [0.05, 0.1) is 32.7 Å². The number of hydrogen-bond acceptors (Lipinski definition) is 6. The fourth-order valence-electron chi connectivity index (χ4n) is 3.65. The van der Waals surface area contributed by atoms with Crippen molar-refractivity contribution in [3.8, 4) is 17.2 Å². The molecule has 0 saturated carbocycles. The predicted octanol–water partition coefficient (Wildman–Crippen LogP) is 4.46. The number of anilines is 2. The van der Waals surface area contributed by atoms with Crippen LogP contribution in [0.25, 0.3) is 6.08 Å². The first-order chi connectivity index (χ1) is 16.5. The van der Waals surface area contributed by atoms with Gasteiger partial charge < -0.3 is 14.2 Å². The molecule has 1 fully saturated rings. The summed E-state index contributed by atoms with van der Waals surface area (Å²) in [5.74, 6) is 0.385. The zero-order valence-electron chi connectivity index (χ0n) is 18.8. The summed E-state index contributed by atoms with van der Waals surface area (Å²) in [6.07, 6.45) is 1.50. The molecule has 172 valence electrons. The van der Waals surface area contributed by atoms with E-state index in [1.165, 1.54) is 30.1 Å². The van der Waals surface area contributed by atoms with Gasteiger partial charge in [-0.1, -0.05) is 30.3 Å². The number of thiocarbonyl (C=S) groups is 1. The van der Waals surface area contributed by atoms with E-state index in [-0.39, 0.29) is 10.7 Å². The molecule has 1 aliphatic heterocycles. The quantitative estimate of drug-likeness (QED) is 0.299. The van der Waals surface area contributed by atoms with Crippen LogP contribution in [0.3, 0.4) is 0 Å². The van der Waals surface area contributed by atoms with E-state index in [0.29, 0.717) is 34.2 Å². The maximum Gasteiger partial charge on any atom is 0.270 e. The first-order valence-corrected chi connectivity index (χ1v) is 10.8. The van der Waals surface area contributed by atoms with Gasteiger partial charge in [0, 0.05) is 11.6 Å². The number of nitrogens with zero attached hydrogens (tertiary/aromatic N) is 2. The topological polar surface area (TPSA) is 68.3 Å². The normalized spacial score (nSPS) is 15.0. The molecular weight excluding hydrogens is 452 g/mol. The smallest absolute Gasteiger partial charge is 0.270 e. The van der Waals surface area contributed by atoms with Crippen molar-refractivity contribution in [1.82, 2.24) is 0 Å². The molecule has 0 N–H and O–H groups in total. The summed E-state index contributed by atoms with van der Waals surface area (Å²) in [4.78, 5) is 30.0. The fourth-order valence-corrected chi connectivity index (χ4v) is 4.02. The zero-order valence-corrected chi connectivity index (χ0v) is 19.7. The standard InChI is InChI=1S/C26H22N2O5S/c1-31-19-14-13-17(23(16-19)33-3)15-20-24(29)27(18-9-5-4-6-10-18)26(34)28(25(20)30)21-11-7-8-12-22(21)32-2/h4-16H,1-3H3. The zero-order chi connectivity index (χ0) is 24.2. The number of carbonyl (C=O) groups is 2. The highest BCUT2D eigenvalue weighted by Crippen LogP contribution is 2.35. The van der Waals surface area contributed by atoms with E-state index in [1.54, 1.807) is 73.8 Å². The molecule has 3 aromatic carbocycles. The van der Waals surface area contributed by atoms with Crippen LogP contribution in [0.5, 0.6) is 17.2 Å². The number of rotatable bonds is 6. The van der Waals surface area contributed by atoms with Crippen LogP contribution < -0.4 is 24.0 Å². The lowest BCUT2D eigenvalue weighted by Crippen LogP contribution is -2.57. The molecule has 0 bridgehead atoms. The lowest BCUT2D eigenvalue weighted by atomic mass is 10.0. The molecule has 0 unspecified atom stereocenters. The molecule has 0 spiro atoms. The first kappa shape index (κ1) is 23.0. The number of methoxy groups -OCH3 is 3. The number of para-hydroxylation sites is 3. The Morgan fingerprint density at radius 2 is 1.38 bits per heavy atom. The van der Waals surface area contributed by atoms with E-state index >= 15 is 0 Å². The average Bonchev–Trinajstić information content (AvgIpc) is 2.87. The van der Waals surface area contributed by atoms with Crippen LogP contribution in [-0.4, -0.2) is 38.3 Å². The number of benzene rings is 3. The number of ether oxygens (including phenoxy) is 3. The van der Waals surface area contributed by atoms with Gasteiger partial charge in [-0.3, -0.25) is 14.5 Å². The third-order valence-electron chi connectivity index (χ3n) is 5.33. The van der Waals surface area contributed by atoms with E-state index in [9.17, 15) is 9.59 Å². The molecular formula is C26H22N2O5S. The largest absolute Gasteiger partial charge is 0.497 e. The summed E-state index contributed by atoms with van der Waals surface area (Å²) < 4.78 is 16.2. The molecule has 2 amide bonds. The summed E-state index contributed by atoms with van der Waals surface area (Å²) in [7, 11) is 4.56. The molecule has 0 aliphatic carbocycles. The Balaban J connectivity index is 1.91. The number of carbonyl (C=O) groups excluding carboxylic acids is 2. The van der Waals surface area contributed by atoms with Gasteiger partial charge in [-0.15, -0.1) is 0 Å². The SMILES string of the molecule is COc1ccc(C=C2C(=O)N(c3ccccc3)C(=S)N(c3ccccc3OC)C2=O)c(OC)c1. The van der Waals surface area contributed by atoms with E-state index in [0.717, 1.165) is 0 Å². The van der Waals surface area contributed by atoms with Gasteiger partial charge in [-0.05, 0) is 54.7 Å². The molecule has 0 aromatic heterocycles. The van der Waals surface area contributed by atoms with Crippen molar-refractivity contribution in [2.75, 3.05) is 31.1 Å². The Hall–Kier alpha value is -4.17. The van der Waals surface area contributed by atoms with Crippen LogP contribution in [0.15, 0.2) is 78.4 Å². The third kappa shape index (κ3) is 4.11. The number of amides is 2. The monoisotopic (exact) mass is 474 g/mol. The molecule has 3 aromatic rings. The van der Waals surface area contributed by atoms with Crippen molar-refractivity contribution in [2.24, 2.45) is 0 Å². The van der Waals surface area contributed by atoms with Crippen molar-refractivity contribution in [3.63, 3.8) is 0 Å². The molecule has 0 radical (unpaired) electrons. The molecule has 1 saturated heterocycles. The van der Waals surface area contributed by atoms with Gasteiger partial charge in [0.25, 0.3) is 11.8 Å².